The molecule has 1 rings (SSSR count). The lowest BCUT2D eigenvalue weighted by Gasteiger charge is -2.31. The largest absolute Gasteiger partial charge is 0.464 e. The predicted octanol–water partition coefficient (Wildman–Crippen LogP) is 1.48. The Hall–Kier alpha value is -0.580. The number of hydrogen-bond donors (Lipinski definition) is 1. The first-order valence-electron chi connectivity index (χ1n) is 5.80. The summed E-state index contributed by atoms with van der Waals surface area (Å²) >= 11 is 5.80. The van der Waals surface area contributed by atoms with Gasteiger partial charge in [0.15, 0.2) is 0 Å². The molecule has 0 bridgehead atoms. The van der Waals surface area contributed by atoms with E-state index in [1.165, 1.54) is 0 Å². The van der Waals surface area contributed by atoms with Gasteiger partial charge in [-0.1, -0.05) is 6.58 Å². The molecule has 1 aliphatic heterocycles. The van der Waals surface area contributed by atoms with Crippen LogP contribution in [0.1, 0.15) is 19.8 Å². The van der Waals surface area contributed by atoms with Crippen LogP contribution in [0.4, 0.5) is 0 Å². The number of ether oxygens (including phenoxy) is 2. The summed E-state index contributed by atoms with van der Waals surface area (Å²) in [7, 11) is 1.59. The van der Waals surface area contributed by atoms with Crippen molar-refractivity contribution >= 4 is 17.6 Å². The van der Waals surface area contributed by atoms with Gasteiger partial charge in [0.05, 0.1) is 12.7 Å². The smallest absolute Gasteiger partial charge is 0.330 e. The maximum absolute atomic E-state index is 12.1. The van der Waals surface area contributed by atoms with Crippen LogP contribution in [-0.4, -0.2) is 43.8 Å². The van der Waals surface area contributed by atoms with E-state index in [-0.39, 0.29) is 12.1 Å². The Morgan fingerprint density at radius 3 is 2.82 bits per heavy atom. The molecule has 1 unspecified atom stereocenters. The first kappa shape index (κ1) is 14.5. The first-order chi connectivity index (χ1) is 8.10. The topological polar surface area (TPSA) is 47.6 Å². The summed E-state index contributed by atoms with van der Waals surface area (Å²) < 4.78 is 10.4. The Morgan fingerprint density at radius 1 is 1.71 bits per heavy atom. The molecule has 0 aromatic rings. The van der Waals surface area contributed by atoms with Crippen LogP contribution in [0.3, 0.4) is 0 Å². The quantitative estimate of drug-likeness (QED) is 0.447. The molecule has 5 heteroatoms. The summed E-state index contributed by atoms with van der Waals surface area (Å²) in [6.07, 6.45) is 1.05. The van der Waals surface area contributed by atoms with E-state index < -0.39 is 5.54 Å². The fraction of sp³-hybridized carbons (Fsp3) is 0.750. The second-order valence-electron chi connectivity index (χ2n) is 4.12. The molecule has 2 atom stereocenters. The monoisotopic (exact) mass is 261 g/mol. The number of halogens is 1. The maximum Gasteiger partial charge on any atom is 0.330 e. The van der Waals surface area contributed by atoms with E-state index in [9.17, 15) is 4.79 Å². The van der Waals surface area contributed by atoms with E-state index in [0.717, 1.165) is 18.5 Å². The number of nitrogens with one attached hydrogen (secondary N) is 1. The summed E-state index contributed by atoms with van der Waals surface area (Å²) in [6, 6.07) is 0. The van der Waals surface area contributed by atoms with Gasteiger partial charge in [-0.15, -0.1) is 11.6 Å². The minimum absolute atomic E-state index is 0.191. The Balaban J connectivity index is 2.86. The first-order valence-corrected chi connectivity index (χ1v) is 6.33. The zero-order valence-corrected chi connectivity index (χ0v) is 11.2. The SMILES string of the molecule is C=C1CCNC1(C[C@@H](CCl)OC)C(=O)OCC. The minimum atomic E-state index is -0.828. The number of carbonyl (C=O) groups is 1. The van der Waals surface area contributed by atoms with Gasteiger partial charge >= 0.3 is 5.97 Å². The van der Waals surface area contributed by atoms with E-state index in [1.54, 1.807) is 14.0 Å². The number of methoxy groups -OCH3 is 1. The van der Waals surface area contributed by atoms with E-state index in [4.69, 9.17) is 21.1 Å². The van der Waals surface area contributed by atoms with E-state index in [0.29, 0.717) is 18.9 Å². The molecule has 1 saturated heterocycles. The van der Waals surface area contributed by atoms with Gasteiger partial charge in [0.1, 0.15) is 5.54 Å². The molecule has 0 spiro atoms. The van der Waals surface area contributed by atoms with Crippen molar-refractivity contribution in [1.29, 1.82) is 0 Å². The van der Waals surface area contributed by atoms with Crippen LogP contribution >= 0.6 is 11.6 Å². The van der Waals surface area contributed by atoms with E-state index in [2.05, 4.69) is 11.9 Å². The van der Waals surface area contributed by atoms with E-state index in [1.807, 2.05) is 0 Å². The van der Waals surface area contributed by atoms with Crippen molar-refractivity contribution in [3.8, 4) is 0 Å². The highest BCUT2D eigenvalue weighted by molar-refractivity contribution is 6.18. The highest BCUT2D eigenvalue weighted by atomic mass is 35.5. The van der Waals surface area contributed by atoms with Crippen molar-refractivity contribution in [3.05, 3.63) is 12.2 Å². The average molecular weight is 262 g/mol. The molecule has 1 fully saturated rings. The van der Waals surface area contributed by atoms with Gasteiger partial charge in [-0.25, -0.2) is 4.79 Å². The molecule has 0 radical (unpaired) electrons. The minimum Gasteiger partial charge on any atom is -0.464 e. The Labute approximate surface area is 107 Å². The fourth-order valence-electron chi connectivity index (χ4n) is 2.08. The lowest BCUT2D eigenvalue weighted by molar-refractivity contribution is -0.150. The van der Waals surface area contributed by atoms with Crippen molar-refractivity contribution in [2.24, 2.45) is 0 Å². The van der Waals surface area contributed by atoms with Crippen LogP contribution in [-0.2, 0) is 14.3 Å². The number of alkyl halides is 1. The van der Waals surface area contributed by atoms with Crippen LogP contribution in [0.25, 0.3) is 0 Å². The number of carbonyl (C=O) groups excluding carboxylic acids is 1. The van der Waals surface area contributed by atoms with Gasteiger partial charge in [-0.05, 0) is 18.9 Å². The zero-order chi connectivity index (χ0) is 12.9. The molecule has 1 aliphatic rings. The predicted molar refractivity (Wildman–Crippen MR) is 67.3 cm³/mol. The van der Waals surface area contributed by atoms with Crippen molar-refractivity contribution in [3.63, 3.8) is 0 Å². The highest BCUT2D eigenvalue weighted by Crippen LogP contribution is 2.31. The average Bonchev–Trinajstić information content (AvgIpc) is 2.69. The van der Waals surface area contributed by atoms with Crippen molar-refractivity contribution in [2.75, 3.05) is 26.1 Å². The van der Waals surface area contributed by atoms with Gasteiger partial charge in [0.2, 0.25) is 0 Å². The normalized spacial score (nSPS) is 25.9. The summed E-state index contributed by atoms with van der Waals surface area (Å²) in [5.41, 5.74) is 0.0223. The van der Waals surface area contributed by atoms with Crippen LogP contribution in [0.15, 0.2) is 12.2 Å². The molecule has 98 valence electrons. The Kier molecular flexibility index (Phi) is 5.43. The molecule has 0 aromatic heterocycles. The lowest BCUT2D eigenvalue weighted by Crippen LogP contribution is -2.52. The third kappa shape index (κ3) is 3.00. The molecule has 0 aromatic carbocycles. The summed E-state index contributed by atoms with van der Waals surface area (Å²) in [4.78, 5) is 12.1. The summed E-state index contributed by atoms with van der Waals surface area (Å²) in [6.45, 7) is 6.85. The lowest BCUT2D eigenvalue weighted by atomic mass is 9.87. The molecule has 4 nitrogen and oxygen atoms in total. The molecule has 17 heavy (non-hydrogen) atoms. The Morgan fingerprint density at radius 2 is 2.41 bits per heavy atom. The van der Waals surface area contributed by atoms with Crippen molar-refractivity contribution in [2.45, 2.75) is 31.4 Å². The van der Waals surface area contributed by atoms with E-state index >= 15 is 0 Å². The number of hydrogen-bond acceptors (Lipinski definition) is 4. The summed E-state index contributed by atoms with van der Waals surface area (Å²) in [5.74, 6) is 0.0572. The molecule has 0 saturated carbocycles. The van der Waals surface area contributed by atoms with Gasteiger partial charge in [-0.3, -0.25) is 5.32 Å². The molecular formula is C12H20ClNO3. The zero-order valence-electron chi connectivity index (χ0n) is 10.4. The van der Waals surface area contributed by atoms with Crippen LogP contribution in [0, 0.1) is 0 Å². The van der Waals surface area contributed by atoms with Crippen LogP contribution in [0.2, 0.25) is 0 Å². The molecule has 1 heterocycles. The van der Waals surface area contributed by atoms with Gasteiger partial charge in [0, 0.05) is 26.0 Å². The standard InChI is InChI=1S/C12H20ClNO3/c1-4-17-11(15)12(7-10(8-13)16-3)9(2)5-6-14-12/h10,14H,2,4-8H2,1,3H3/t10-,12?/m0/s1. The Bertz CT molecular complexity index is 291. The van der Waals surface area contributed by atoms with Gasteiger partial charge in [-0.2, -0.15) is 0 Å². The second kappa shape index (κ2) is 6.38. The van der Waals surface area contributed by atoms with Gasteiger partial charge in [0.25, 0.3) is 0 Å². The van der Waals surface area contributed by atoms with Crippen molar-refractivity contribution < 1.29 is 14.3 Å². The fourth-order valence-corrected chi connectivity index (χ4v) is 2.31. The maximum atomic E-state index is 12.1. The number of rotatable bonds is 6. The van der Waals surface area contributed by atoms with Crippen LogP contribution < -0.4 is 5.32 Å². The molecule has 0 amide bonds. The molecular weight excluding hydrogens is 242 g/mol. The van der Waals surface area contributed by atoms with Crippen LogP contribution in [0.5, 0.6) is 0 Å². The third-order valence-corrected chi connectivity index (χ3v) is 3.46. The summed E-state index contributed by atoms with van der Waals surface area (Å²) in [5, 5.41) is 3.19. The number of esters is 1. The third-order valence-electron chi connectivity index (χ3n) is 3.12. The van der Waals surface area contributed by atoms with Crippen molar-refractivity contribution in [1.82, 2.24) is 5.32 Å². The molecule has 0 aliphatic carbocycles. The highest BCUT2D eigenvalue weighted by Gasteiger charge is 2.46. The molecule has 1 N–H and O–H groups in total. The van der Waals surface area contributed by atoms with Gasteiger partial charge < -0.3 is 9.47 Å². The second-order valence-corrected chi connectivity index (χ2v) is 4.43.